The van der Waals surface area contributed by atoms with Crippen molar-refractivity contribution in [2.24, 2.45) is 4.99 Å². The zero-order valence-corrected chi connectivity index (χ0v) is 20.2. The largest absolute Gasteiger partial charge is 0.282 e. The maximum Gasteiger partial charge on any atom is 0.267 e. The lowest BCUT2D eigenvalue weighted by molar-refractivity contribution is -0.121. The number of benzene rings is 2. The minimum atomic E-state index is -0.130. The van der Waals surface area contributed by atoms with E-state index in [1.807, 2.05) is 76.9 Å². The number of hydrogen-bond donors (Lipinski definition) is 0. The average molecular weight is 504 g/mol. The molecule has 9 heteroatoms. The first kappa shape index (κ1) is 22.3. The predicted molar refractivity (Wildman–Crippen MR) is 141 cm³/mol. The van der Waals surface area contributed by atoms with Gasteiger partial charge in [0.05, 0.1) is 16.3 Å². The number of amides is 1. The number of hydrogen-bond acceptors (Lipinski definition) is 6. The molecule has 0 saturated carbocycles. The number of halogens is 1. The van der Waals surface area contributed by atoms with Crippen LogP contribution in [-0.2, 0) is 4.79 Å². The quantitative estimate of drug-likeness (QED) is 0.224. The Morgan fingerprint density at radius 3 is 2.62 bits per heavy atom. The van der Waals surface area contributed by atoms with Gasteiger partial charge in [-0.15, -0.1) is 17.9 Å². The third-order valence-electron chi connectivity index (χ3n) is 4.98. The molecule has 1 aliphatic rings. The summed E-state index contributed by atoms with van der Waals surface area (Å²) in [5, 5.41) is 8.50. The number of thioether (sulfide) groups is 1. The van der Waals surface area contributed by atoms with Gasteiger partial charge in [-0.1, -0.05) is 48.0 Å². The van der Waals surface area contributed by atoms with E-state index in [1.165, 1.54) is 23.1 Å². The van der Waals surface area contributed by atoms with Gasteiger partial charge in [-0.2, -0.15) is 10.1 Å². The molecule has 0 N–H and O–H groups in total. The highest BCUT2D eigenvalue weighted by Gasteiger charge is 2.33. The summed E-state index contributed by atoms with van der Waals surface area (Å²) in [6, 6.07) is 17.3. The lowest BCUT2D eigenvalue weighted by Gasteiger charge is -2.11. The second-order valence-corrected chi connectivity index (χ2v) is 9.56. The molecule has 2 aromatic heterocycles. The van der Waals surface area contributed by atoms with Crippen LogP contribution in [0.3, 0.4) is 0 Å². The van der Waals surface area contributed by atoms with Gasteiger partial charge in [0.25, 0.3) is 5.91 Å². The number of nitrogens with zero attached hydrogens (tertiary/aromatic N) is 5. The van der Waals surface area contributed by atoms with Crippen molar-refractivity contribution in [2.45, 2.75) is 0 Å². The van der Waals surface area contributed by atoms with Gasteiger partial charge in [0.2, 0.25) is 5.13 Å². The molecule has 0 spiro atoms. The van der Waals surface area contributed by atoms with Crippen molar-refractivity contribution >= 4 is 57.0 Å². The van der Waals surface area contributed by atoms with Gasteiger partial charge in [-0.3, -0.25) is 9.69 Å². The van der Waals surface area contributed by atoms with E-state index in [1.54, 1.807) is 17.2 Å². The Morgan fingerprint density at radius 1 is 1.12 bits per heavy atom. The summed E-state index contributed by atoms with van der Waals surface area (Å²) in [5.74, 6) is -0.130. The fourth-order valence-electron chi connectivity index (χ4n) is 3.41. The number of para-hydroxylation sites is 1. The normalized spacial score (nSPS) is 16.0. The smallest absolute Gasteiger partial charge is 0.267 e. The second-order valence-electron chi connectivity index (χ2n) is 7.24. The Labute approximate surface area is 209 Å². The maximum absolute atomic E-state index is 13.3. The summed E-state index contributed by atoms with van der Waals surface area (Å²) in [6.45, 7) is 4.14. The molecule has 1 saturated heterocycles. The van der Waals surface area contributed by atoms with Crippen molar-refractivity contribution in [3.8, 4) is 16.9 Å². The molecule has 34 heavy (non-hydrogen) atoms. The van der Waals surface area contributed by atoms with Crippen LogP contribution in [0.4, 0.5) is 5.13 Å². The third kappa shape index (κ3) is 4.61. The molecule has 1 fully saturated rings. The Balaban J connectivity index is 1.59. The fourth-order valence-corrected chi connectivity index (χ4v) is 5.08. The van der Waals surface area contributed by atoms with Crippen molar-refractivity contribution < 1.29 is 4.79 Å². The summed E-state index contributed by atoms with van der Waals surface area (Å²) in [7, 11) is 0. The second kappa shape index (κ2) is 9.80. The standard InChI is InChI=1S/C25H18ClN5OS2/c1-2-13-30-23(32)21(34-25(30)28-24-27-12-14-33-24)15-18-16-31(20-6-4-3-5-7-20)29-22(18)17-8-10-19(26)11-9-17/h2-12,14-16H,1,13H2. The van der Waals surface area contributed by atoms with E-state index in [0.29, 0.717) is 26.8 Å². The predicted octanol–water partition coefficient (Wildman–Crippen LogP) is 6.44. The summed E-state index contributed by atoms with van der Waals surface area (Å²) in [4.78, 5) is 24.2. The van der Waals surface area contributed by atoms with Crippen LogP contribution < -0.4 is 0 Å². The SMILES string of the molecule is C=CCN1C(=O)C(=Cc2cn(-c3ccccc3)nc2-c2ccc(Cl)cc2)SC1=Nc1nccs1. The molecule has 0 atom stereocenters. The molecule has 5 rings (SSSR count). The number of rotatable bonds is 6. The Hall–Kier alpha value is -3.46. The zero-order chi connectivity index (χ0) is 23.5. The molecule has 168 valence electrons. The average Bonchev–Trinajstić information content (AvgIpc) is 3.58. The van der Waals surface area contributed by atoms with Crippen LogP contribution in [0.1, 0.15) is 5.56 Å². The fraction of sp³-hybridized carbons (Fsp3) is 0.0400. The Kier molecular flexibility index (Phi) is 6.44. The van der Waals surface area contributed by atoms with Crippen molar-refractivity contribution in [3.63, 3.8) is 0 Å². The number of carbonyl (C=O) groups is 1. The molecule has 6 nitrogen and oxygen atoms in total. The van der Waals surface area contributed by atoms with Gasteiger partial charge in [0, 0.05) is 40.5 Å². The molecule has 4 aromatic rings. The first-order chi connectivity index (χ1) is 16.6. The summed E-state index contributed by atoms with van der Waals surface area (Å²) in [5.41, 5.74) is 3.39. The number of carbonyl (C=O) groups excluding carboxylic acids is 1. The Bertz CT molecular complexity index is 1390. The number of aliphatic imine (C=N–C) groups is 1. The van der Waals surface area contributed by atoms with Crippen LogP contribution in [-0.4, -0.2) is 37.3 Å². The summed E-state index contributed by atoms with van der Waals surface area (Å²) in [6.07, 6.45) is 7.17. The van der Waals surface area contributed by atoms with Crippen LogP contribution in [0.2, 0.25) is 5.02 Å². The molecule has 3 heterocycles. The topological polar surface area (TPSA) is 63.4 Å². The monoisotopic (exact) mass is 503 g/mol. The molecule has 1 amide bonds. The van der Waals surface area contributed by atoms with Crippen LogP contribution in [0.5, 0.6) is 0 Å². The highest BCUT2D eigenvalue weighted by atomic mass is 35.5. The molecular formula is C25H18ClN5OS2. The lowest BCUT2D eigenvalue weighted by Crippen LogP contribution is -2.29. The van der Waals surface area contributed by atoms with E-state index in [2.05, 4.69) is 16.6 Å². The van der Waals surface area contributed by atoms with Crippen LogP contribution in [0.15, 0.2) is 94.9 Å². The highest BCUT2D eigenvalue weighted by Crippen LogP contribution is 2.36. The van der Waals surface area contributed by atoms with Gasteiger partial charge in [-0.05, 0) is 42.1 Å². The van der Waals surface area contributed by atoms with Crippen LogP contribution in [0.25, 0.3) is 23.0 Å². The minimum absolute atomic E-state index is 0.130. The lowest BCUT2D eigenvalue weighted by atomic mass is 10.1. The number of aromatic nitrogens is 3. The van der Waals surface area contributed by atoms with Crippen molar-refractivity contribution in [1.29, 1.82) is 0 Å². The molecular weight excluding hydrogens is 486 g/mol. The number of amidine groups is 1. The summed E-state index contributed by atoms with van der Waals surface area (Å²) < 4.78 is 1.81. The maximum atomic E-state index is 13.3. The van der Waals surface area contributed by atoms with E-state index < -0.39 is 0 Å². The summed E-state index contributed by atoms with van der Waals surface area (Å²) >= 11 is 8.84. The third-order valence-corrected chi connectivity index (χ3v) is 6.90. The van der Waals surface area contributed by atoms with Gasteiger partial charge in [0.15, 0.2) is 5.17 Å². The highest BCUT2D eigenvalue weighted by molar-refractivity contribution is 8.18. The number of thiazole rings is 1. The molecule has 2 aromatic carbocycles. The van der Waals surface area contributed by atoms with Crippen LogP contribution in [0, 0.1) is 0 Å². The first-order valence-corrected chi connectivity index (χ1v) is 12.4. The van der Waals surface area contributed by atoms with E-state index in [4.69, 9.17) is 16.7 Å². The van der Waals surface area contributed by atoms with Crippen molar-refractivity contribution in [3.05, 3.63) is 101 Å². The van der Waals surface area contributed by atoms with E-state index in [-0.39, 0.29) is 5.91 Å². The van der Waals surface area contributed by atoms with Crippen LogP contribution >= 0.6 is 34.7 Å². The van der Waals surface area contributed by atoms with Crippen molar-refractivity contribution in [1.82, 2.24) is 19.7 Å². The van der Waals surface area contributed by atoms with Gasteiger partial charge in [0.1, 0.15) is 0 Å². The molecule has 1 aliphatic heterocycles. The minimum Gasteiger partial charge on any atom is -0.282 e. The first-order valence-electron chi connectivity index (χ1n) is 10.3. The van der Waals surface area contributed by atoms with E-state index >= 15 is 0 Å². The molecule has 0 radical (unpaired) electrons. The van der Waals surface area contributed by atoms with Gasteiger partial charge >= 0.3 is 0 Å². The molecule has 0 bridgehead atoms. The van der Waals surface area contributed by atoms with Gasteiger partial charge in [-0.25, -0.2) is 9.67 Å². The van der Waals surface area contributed by atoms with Crippen molar-refractivity contribution in [2.75, 3.05) is 6.54 Å². The Morgan fingerprint density at radius 2 is 1.91 bits per heavy atom. The molecule has 0 aliphatic carbocycles. The van der Waals surface area contributed by atoms with E-state index in [9.17, 15) is 4.79 Å². The molecule has 0 unspecified atom stereocenters. The van der Waals surface area contributed by atoms with E-state index in [0.717, 1.165) is 22.5 Å². The van der Waals surface area contributed by atoms with Gasteiger partial charge < -0.3 is 0 Å². The zero-order valence-electron chi connectivity index (χ0n) is 17.8.